The lowest BCUT2D eigenvalue weighted by Crippen LogP contribution is -2.04. The minimum atomic E-state index is -0.259. The third-order valence-electron chi connectivity index (χ3n) is 3.04. The number of carbonyl (C=O) groups is 1. The fourth-order valence-corrected chi connectivity index (χ4v) is 2.15. The predicted molar refractivity (Wildman–Crippen MR) is 81.2 cm³/mol. The first-order valence-electron chi connectivity index (χ1n) is 6.62. The number of rotatable bonds is 4. The lowest BCUT2D eigenvalue weighted by atomic mass is 9.94. The van der Waals surface area contributed by atoms with Crippen molar-refractivity contribution in [1.82, 2.24) is 0 Å². The SMILES string of the molecule is CC(=O)OCC(C)=C(c1ccccc1)c1ccccc1. The Labute approximate surface area is 119 Å². The van der Waals surface area contributed by atoms with E-state index in [1.807, 2.05) is 43.3 Å². The van der Waals surface area contributed by atoms with Crippen molar-refractivity contribution in [1.29, 1.82) is 0 Å². The van der Waals surface area contributed by atoms with Crippen molar-refractivity contribution in [3.63, 3.8) is 0 Å². The van der Waals surface area contributed by atoms with E-state index in [1.54, 1.807) is 0 Å². The molecule has 0 amide bonds. The van der Waals surface area contributed by atoms with E-state index < -0.39 is 0 Å². The maximum atomic E-state index is 11.0. The number of carbonyl (C=O) groups excluding carboxylic acids is 1. The van der Waals surface area contributed by atoms with Crippen molar-refractivity contribution >= 4 is 11.5 Å². The summed E-state index contributed by atoms with van der Waals surface area (Å²) in [5.74, 6) is -0.259. The van der Waals surface area contributed by atoms with Crippen LogP contribution in [0.2, 0.25) is 0 Å². The van der Waals surface area contributed by atoms with Gasteiger partial charge in [0.25, 0.3) is 0 Å². The second-order valence-corrected chi connectivity index (χ2v) is 4.67. The van der Waals surface area contributed by atoms with Crippen LogP contribution in [-0.2, 0) is 9.53 Å². The minimum Gasteiger partial charge on any atom is -0.461 e. The zero-order chi connectivity index (χ0) is 14.4. The Morgan fingerprint density at radius 1 is 0.850 bits per heavy atom. The van der Waals surface area contributed by atoms with Gasteiger partial charge in [0.15, 0.2) is 0 Å². The summed E-state index contributed by atoms with van der Waals surface area (Å²) in [6.45, 7) is 3.74. The van der Waals surface area contributed by atoms with E-state index in [-0.39, 0.29) is 5.97 Å². The van der Waals surface area contributed by atoms with Gasteiger partial charge < -0.3 is 4.74 Å². The molecule has 0 N–H and O–H groups in total. The van der Waals surface area contributed by atoms with Crippen LogP contribution < -0.4 is 0 Å². The maximum Gasteiger partial charge on any atom is 0.302 e. The summed E-state index contributed by atoms with van der Waals surface area (Å²) in [4.78, 5) is 11.0. The van der Waals surface area contributed by atoms with Crippen molar-refractivity contribution in [3.8, 4) is 0 Å². The lowest BCUT2D eigenvalue weighted by molar-refractivity contribution is -0.139. The molecular weight excluding hydrogens is 248 g/mol. The average Bonchev–Trinajstić information content (AvgIpc) is 2.48. The average molecular weight is 266 g/mol. The number of esters is 1. The Bertz CT molecular complexity index is 556. The highest BCUT2D eigenvalue weighted by Crippen LogP contribution is 2.26. The Morgan fingerprint density at radius 2 is 1.30 bits per heavy atom. The van der Waals surface area contributed by atoms with Crippen LogP contribution in [0.3, 0.4) is 0 Å². The number of benzene rings is 2. The molecule has 0 aliphatic carbocycles. The Balaban J connectivity index is 2.44. The van der Waals surface area contributed by atoms with Gasteiger partial charge in [-0.05, 0) is 29.2 Å². The van der Waals surface area contributed by atoms with Crippen molar-refractivity contribution in [2.24, 2.45) is 0 Å². The Hall–Kier alpha value is -2.35. The molecule has 2 heteroatoms. The standard InChI is InChI=1S/C18H18O2/c1-14(13-20-15(2)19)18(16-9-5-3-6-10-16)17-11-7-4-8-12-17/h3-12H,13H2,1-2H3. The predicted octanol–water partition coefficient (Wildman–Crippen LogP) is 4.07. The molecule has 102 valence electrons. The summed E-state index contributed by atoms with van der Waals surface area (Å²) in [6, 6.07) is 20.3. The lowest BCUT2D eigenvalue weighted by Gasteiger charge is -2.13. The van der Waals surface area contributed by atoms with Gasteiger partial charge in [0.05, 0.1) is 0 Å². The molecule has 0 atom stereocenters. The molecule has 0 aliphatic heterocycles. The molecule has 20 heavy (non-hydrogen) atoms. The second kappa shape index (κ2) is 6.71. The largest absolute Gasteiger partial charge is 0.461 e. The topological polar surface area (TPSA) is 26.3 Å². The third kappa shape index (κ3) is 3.58. The van der Waals surface area contributed by atoms with Crippen molar-refractivity contribution in [2.75, 3.05) is 6.61 Å². The highest BCUT2D eigenvalue weighted by atomic mass is 16.5. The molecule has 0 aromatic heterocycles. The van der Waals surface area contributed by atoms with Crippen LogP contribution in [0.15, 0.2) is 66.2 Å². The van der Waals surface area contributed by atoms with Crippen LogP contribution in [-0.4, -0.2) is 12.6 Å². The normalized spacial score (nSPS) is 9.90. The molecule has 2 aromatic rings. The smallest absolute Gasteiger partial charge is 0.302 e. The molecule has 0 saturated heterocycles. The van der Waals surface area contributed by atoms with Gasteiger partial charge in [0, 0.05) is 6.92 Å². The molecular formula is C18H18O2. The number of ether oxygens (including phenoxy) is 1. The molecule has 2 rings (SSSR count). The minimum absolute atomic E-state index is 0.259. The van der Waals surface area contributed by atoms with E-state index in [0.717, 1.165) is 22.3 Å². The van der Waals surface area contributed by atoms with E-state index in [2.05, 4.69) is 24.3 Å². The van der Waals surface area contributed by atoms with Gasteiger partial charge in [0.1, 0.15) is 6.61 Å². The van der Waals surface area contributed by atoms with Gasteiger partial charge in [-0.25, -0.2) is 0 Å². The molecule has 2 nitrogen and oxygen atoms in total. The van der Waals surface area contributed by atoms with Crippen LogP contribution in [0.4, 0.5) is 0 Å². The van der Waals surface area contributed by atoms with Crippen LogP contribution >= 0.6 is 0 Å². The number of hydrogen-bond donors (Lipinski definition) is 0. The highest BCUT2D eigenvalue weighted by molar-refractivity contribution is 5.82. The molecule has 0 aliphatic rings. The van der Waals surface area contributed by atoms with Gasteiger partial charge in [0.2, 0.25) is 0 Å². The summed E-state index contributed by atoms with van der Waals surface area (Å²) >= 11 is 0. The van der Waals surface area contributed by atoms with Crippen LogP contribution in [0, 0.1) is 0 Å². The van der Waals surface area contributed by atoms with E-state index in [0.29, 0.717) is 6.61 Å². The maximum absolute atomic E-state index is 11.0. The van der Waals surface area contributed by atoms with Gasteiger partial charge in [-0.3, -0.25) is 4.79 Å². The summed E-state index contributed by atoms with van der Waals surface area (Å²) < 4.78 is 5.13. The first-order valence-corrected chi connectivity index (χ1v) is 6.62. The molecule has 0 bridgehead atoms. The molecule has 0 saturated carbocycles. The van der Waals surface area contributed by atoms with Crippen molar-refractivity contribution in [2.45, 2.75) is 13.8 Å². The van der Waals surface area contributed by atoms with Gasteiger partial charge in [-0.1, -0.05) is 60.7 Å². The van der Waals surface area contributed by atoms with E-state index in [1.165, 1.54) is 6.92 Å². The fourth-order valence-electron chi connectivity index (χ4n) is 2.15. The zero-order valence-corrected chi connectivity index (χ0v) is 11.8. The number of hydrogen-bond acceptors (Lipinski definition) is 2. The summed E-state index contributed by atoms with van der Waals surface area (Å²) in [7, 11) is 0. The molecule has 0 fully saturated rings. The molecule has 0 unspecified atom stereocenters. The summed E-state index contributed by atoms with van der Waals surface area (Å²) in [5.41, 5.74) is 4.41. The monoisotopic (exact) mass is 266 g/mol. The van der Waals surface area contributed by atoms with E-state index >= 15 is 0 Å². The first kappa shape index (κ1) is 14.1. The van der Waals surface area contributed by atoms with Gasteiger partial charge in [-0.15, -0.1) is 0 Å². The van der Waals surface area contributed by atoms with Crippen molar-refractivity contribution in [3.05, 3.63) is 77.4 Å². The Morgan fingerprint density at radius 3 is 1.70 bits per heavy atom. The molecule has 0 radical (unpaired) electrons. The van der Waals surface area contributed by atoms with Gasteiger partial charge in [-0.2, -0.15) is 0 Å². The van der Waals surface area contributed by atoms with Crippen molar-refractivity contribution < 1.29 is 9.53 Å². The van der Waals surface area contributed by atoms with Gasteiger partial charge >= 0.3 is 5.97 Å². The van der Waals surface area contributed by atoms with Crippen LogP contribution in [0.25, 0.3) is 5.57 Å². The summed E-state index contributed by atoms with van der Waals surface area (Å²) in [5, 5.41) is 0. The van der Waals surface area contributed by atoms with E-state index in [9.17, 15) is 4.79 Å². The summed E-state index contributed by atoms with van der Waals surface area (Å²) in [6.07, 6.45) is 0. The quantitative estimate of drug-likeness (QED) is 0.780. The fraction of sp³-hybridized carbons (Fsp3) is 0.167. The van der Waals surface area contributed by atoms with E-state index in [4.69, 9.17) is 4.74 Å². The third-order valence-corrected chi connectivity index (χ3v) is 3.04. The first-order chi connectivity index (χ1) is 9.68. The zero-order valence-electron chi connectivity index (χ0n) is 11.8. The van der Waals surface area contributed by atoms with Crippen LogP contribution in [0.1, 0.15) is 25.0 Å². The Kier molecular flexibility index (Phi) is 4.72. The van der Waals surface area contributed by atoms with Crippen LogP contribution in [0.5, 0.6) is 0 Å². The molecule has 0 spiro atoms. The highest BCUT2D eigenvalue weighted by Gasteiger charge is 2.09. The molecule has 0 heterocycles. The second-order valence-electron chi connectivity index (χ2n) is 4.67. The molecule has 2 aromatic carbocycles.